The zero-order valence-corrected chi connectivity index (χ0v) is 6.24. The molecule has 12 heavy (non-hydrogen) atoms. The van der Waals surface area contributed by atoms with Crippen LogP contribution in [0.5, 0.6) is 0 Å². The molecule has 0 radical (unpaired) electrons. The second kappa shape index (κ2) is 3.65. The van der Waals surface area contributed by atoms with Gasteiger partial charge in [0, 0.05) is 0 Å². The lowest BCUT2D eigenvalue weighted by Crippen LogP contribution is -2.58. The summed E-state index contributed by atoms with van der Waals surface area (Å²) in [6, 6.07) is 0. The predicted octanol–water partition coefficient (Wildman–Crippen LogP) is -3.22. The molecular formula is C6H12O6. The van der Waals surface area contributed by atoms with Gasteiger partial charge in [-0.2, -0.15) is 0 Å². The lowest BCUT2D eigenvalue weighted by molar-refractivity contribution is -0.286. The predicted molar refractivity (Wildman–Crippen MR) is 36.0 cm³/mol. The van der Waals surface area contributed by atoms with E-state index in [1.54, 1.807) is 0 Å². The molecule has 1 fully saturated rings. The van der Waals surface area contributed by atoms with E-state index in [1.807, 2.05) is 0 Å². The molecule has 1 aliphatic heterocycles. The molecule has 0 aromatic heterocycles. The van der Waals surface area contributed by atoms with E-state index in [-0.39, 0.29) is 0 Å². The Morgan fingerprint density at radius 1 is 0.917 bits per heavy atom. The molecule has 1 rings (SSSR count). The zero-order valence-electron chi connectivity index (χ0n) is 6.24. The van der Waals surface area contributed by atoms with Crippen molar-refractivity contribution in [3.63, 3.8) is 0 Å². The van der Waals surface area contributed by atoms with Crippen LogP contribution in [0.1, 0.15) is 0 Å². The van der Waals surface area contributed by atoms with E-state index in [4.69, 9.17) is 25.5 Å². The maximum atomic E-state index is 9.12. The van der Waals surface area contributed by atoms with Gasteiger partial charge in [-0.15, -0.1) is 0 Å². The largest absolute Gasteiger partial charge is 0.394 e. The smallest absolute Gasteiger partial charge is 0.184 e. The molecule has 1 heterocycles. The fourth-order valence-electron chi connectivity index (χ4n) is 1.08. The van der Waals surface area contributed by atoms with E-state index in [1.165, 1.54) is 0 Å². The Morgan fingerprint density at radius 2 is 1.50 bits per heavy atom. The third kappa shape index (κ3) is 1.58. The van der Waals surface area contributed by atoms with Gasteiger partial charge in [-0.25, -0.2) is 0 Å². The van der Waals surface area contributed by atoms with Crippen molar-refractivity contribution in [3.8, 4) is 0 Å². The van der Waals surface area contributed by atoms with Crippen LogP contribution in [0.15, 0.2) is 0 Å². The zero-order chi connectivity index (χ0) is 9.30. The Labute approximate surface area is 68.6 Å². The number of rotatable bonds is 1. The molecule has 72 valence electrons. The Balaban J connectivity index is 2.63. The molecule has 0 aromatic rings. The minimum atomic E-state index is -1.57. The molecule has 0 aliphatic carbocycles. The maximum Gasteiger partial charge on any atom is 0.184 e. The molecular weight excluding hydrogens is 168 g/mol. The number of aliphatic hydroxyl groups excluding tert-OH is 5. The third-order valence-electron chi connectivity index (χ3n) is 1.87. The molecule has 0 aromatic carbocycles. The first-order valence-corrected chi connectivity index (χ1v) is 3.56. The van der Waals surface area contributed by atoms with E-state index in [9.17, 15) is 0 Å². The summed E-state index contributed by atoms with van der Waals surface area (Å²) in [6.07, 6.45) is -7.04. The van der Waals surface area contributed by atoms with Gasteiger partial charge in [0.1, 0.15) is 24.4 Å². The average Bonchev–Trinajstić information content (AvgIpc) is 2.08. The minimum Gasteiger partial charge on any atom is -0.394 e. The van der Waals surface area contributed by atoms with E-state index < -0.39 is 37.3 Å². The number of hydrogen-bond acceptors (Lipinski definition) is 6. The van der Waals surface area contributed by atoms with Gasteiger partial charge in [-0.3, -0.25) is 0 Å². The topological polar surface area (TPSA) is 110 Å². The summed E-state index contributed by atoms with van der Waals surface area (Å²) in [5.41, 5.74) is 0. The first-order valence-electron chi connectivity index (χ1n) is 3.56. The van der Waals surface area contributed by atoms with Crippen molar-refractivity contribution in [2.45, 2.75) is 30.7 Å². The van der Waals surface area contributed by atoms with Crippen molar-refractivity contribution in [3.05, 3.63) is 0 Å². The number of ether oxygens (including phenoxy) is 1. The van der Waals surface area contributed by atoms with Gasteiger partial charge in [0.25, 0.3) is 0 Å². The van der Waals surface area contributed by atoms with E-state index in [2.05, 4.69) is 4.74 Å². The van der Waals surface area contributed by atoms with Gasteiger partial charge in [-0.05, 0) is 0 Å². The van der Waals surface area contributed by atoms with Crippen LogP contribution in [-0.2, 0) is 4.74 Å². The first kappa shape index (κ1) is 9.85. The third-order valence-corrected chi connectivity index (χ3v) is 1.87. The first-order chi connectivity index (χ1) is 5.57. The van der Waals surface area contributed by atoms with Crippen LogP contribution in [-0.4, -0.2) is 62.8 Å². The van der Waals surface area contributed by atoms with Crippen LogP contribution in [0.4, 0.5) is 0 Å². The molecule has 1 unspecified atom stereocenters. The Bertz CT molecular complexity index is 146. The van der Waals surface area contributed by atoms with Crippen molar-refractivity contribution in [1.29, 1.82) is 0 Å². The summed E-state index contributed by atoms with van der Waals surface area (Å²) >= 11 is 0. The molecule has 5 N–H and O–H groups in total. The van der Waals surface area contributed by atoms with Gasteiger partial charge in [0.15, 0.2) is 6.29 Å². The summed E-state index contributed by atoms with van der Waals surface area (Å²) in [5.74, 6) is 0. The number of hydrogen-bond donors (Lipinski definition) is 5. The molecule has 6 heteroatoms. The van der Waals surface area contributed by atoms with E-state index >= 15 is 0 Å². The number of aliphatic hydroxyl groups is 5. The Hall–Kier alpha value is -0.240. The van der Waals surface area contributed by atoms with Crippen molar-refractivity contribution in [2.75, 3.05) is 6.61 Å². The lowest BCUT2D eigenvalue weighted by atomic mass is 10.00. The van der Waals surface area contributed by atoms with E-state index in [0.717, 1.165) is 0 Å². The van der Waals surface area contributed by atoms with Gasteiger partial charge in [0.2, 0.25) is 0 Å². The fraction of sp³-hybridized carbons (Fsp3) is 1.00. The van der Waals surface area contributed by atoms with Gasteiger partial charge in [0.05, 0.1) is 6.61 Å². The van der Waals surface area contributed by atoms with Crippen molar-refractivity contribution in [2.24, 2.45) is 0 Å². The van der Waals surface area contributed by atoms with Crippen molar-refractivity contribution < 1.29 is 30.3 Å². The minimum absolute atomic E-state index is 0.526. The summed E-state index contributed by atoms with van der Waals surface area (Å²) < 4.78 is 4.58. The summed E-state index contributed by atoms with van der Waals surface area (Å²) in [7, 11) is 0. The molecule has 1 saturated heterocycles. The van der Waals surface area contributed by atoms with Gasteiger partial charge >= 0.3 is 0 Å². The Morgan fingerprint density at radius 3 is 2.00 bits per heavy atom. The van der Waals surface area contributed by atoms with Gasteiger partial charge in [-0.1, -0.05) is 0 Å². The fourth-order valence-corrected chi connectivity index (χ4v) is 1.08. The molecule has 0 spiro atoms. The van der Waals surface area contributed by atoms with Crippen molar-refractivity contribution >= 4 is 0 Å². The van der Waals surface area contributed by atoms with Crippen LogP contribution in [0, 0.1) is 0 Å². The van der Waals surface area contributed by atoms with Crippen LogP contribution in [0.3, 0.4) is 0 Å². The molecule has 6 nitrogen and oxygen atoms in total. The molecule has 5 atom stereocenters. The standard InChI is InChI=1S/C6H12O6/c7-1-2-3(8)4(9)5(10)6(11)12-2/h2-11H,1H2/t2-,3-,4-,5+,6?/m1/s1. The van der Waals surface area contributed by atoms with Crippen LogP contribution < -0.4 is 0 Å². The lowest BCUT2D eigenvalue weighted by Gasteiger charge is -2.37. The molecule has 0 amide bonds. The molecule has 0 saturated carbocycles. The second-order valence-electron chi connectivity index (χ2n) is 2.72. The summed E-state index contributed by atoms with van der Waals surface area (Å²) in [5, 5.41) is 44.7. The highest BCUT2D eigenvalue weighted by molar-refractivity contribution is 4.87. The highest BCUT2D eigenvalue weighted by atomic mass is 16.6. The maximum absolute atomic E-state index is 9.12. The summed E-state index contributed by atoms with van der Waals surface area (Å²) in [6.45, 7) is -0.526. The summed E-state index contributed by atoms with van der Waals surface area (Å²) in [4.78, 5) is 0. The highest BCUT2D eigenvalue weighted by Gasteiger charge is 2.42. The molecule has 0 bridgehead atoms. The normalized spacial score (nSPS) is 49.2. The van der Waals surface area contributed by atoms with Crippen LogP contribution >= 0.6 is 0 Å². The quantitative estimate of drug-likeness (QED) is 0.290. The van der Waals surface area contributed by atoms with Gasteiger partial charge < -0.3 is 30.3 Å². The second-order valence-corrected chi connectivity index (χ2v) is 2.72. The van der Waals surface area contributed by atoms with Crippen LogP contribution in [0.2, 0.25) is 0 Å². The molecule has 1 aliphatic rings. The Kier molecular flexibility index (Phi) is 2.99. The van der Waals surface area contributed by atoms with Crippen LogP contribution in [0.25, 0.3) is 0 Å². The van der Waals surface area contributed by atoms with E-state index in [0.29, 0.717) is 0 Å². The SMILES string of the molecule is OC[C@H]1OC(O)[C@@H](O)[C@H](O)[C@@H]1O. The van der Waals surface area contributed by atoms with Crippen molar-refractivity contribution in [1.82, 2.24) is 0 Å². The average molecular weight is 180 g/mol. The highest BCUT2D eigenvalue weighted by Crippen LogP contribution is 2.18. The monoisotopic (exact) mass is 180 g/mol.